The molecule has 0 rings (SSSR count). The lowest BCUT2D eigenvalue weighted by Gasteiger charge is -2.25. The lowest BCUT2D eigenvalue weighted by molar-refractivity contribution is 0.356. The Kier molecular flexibility index (Phi) is 24.3. The predicted molar refractivity (Wildman–Crippen MR) is 186 cm³/mol. The van der Waals surface area contributed by atoms with E-state index in [0.717, 1.165) is 12.8 Å². The Morgan fingerprint density at radius 1 is 0.525 bits per heavy atom. The molecule has 0 saturated heterocycles. The Labute approximate surface area is 255 Å². The molecule has 0 aromatic heterocycles. The maximum absolute atomic E-state index is 4.48. The first-order valence-electron chi connectivity index (χ1n) is 18.1. The second-order valence-corrected chi connectivity index (χ2v) is 14.8. The number of unbranched alkanes of at least 4 members (excludes halogenated alkanes) is 16. The summed E-state index contributed by atoms with van der Waals surface area (Å²) in [5, 5.41) is 0. The smallest absolute Gasteiger partial charge is 0.0170 e. The van der Waals surface area contributed by atoms with Crippen LogP contribution in [0.2, 0.25) is 0 Å². The highest BCUT2D eigenvalue weighted by atomic mass is 14.2. The summed E-state index contributed by atoms with van der Waals surface area (Å²) in [5.41, 5.74) is 5.25. The zero-order chi connectivity index (χ0) is 30.1. The third kappa shape index (κ3) is 23.9. The summed E-state index contributed by atoms with van der Waals surface area (Å²) in [6.07, 6.45) is 37.9. The Morgan fingerprint density at radius 2 is 0.975 bits per heavy atom. The molecule has 0 heterocycles. The molecule has 0 saturated carbocycles. The minimum absolute atomic E-state index is 0.250. The van der Waals surface area contributed by atoms with Gasteiger partial charge in [-0.05, 0) is 49.4 Å². The first-order valence-corrected chi connectivity index (χ1v) is 18.1. The number of rotatable bonds is 27. The molecule has 0 N–H and O–H groups in total. The standard InChI is InChI=1S/C40H76/c1-10-13-14-15-16-17-18-19-20-21-22-23-24-25-26-27-28-30-36(4)31-32-37(33-34-40(8,9)12-3)35-38(29-11-2)39(5,6)7/h33,35H,4,10-32,34H2,1-3,5-9H3/b37-33-,38-35+. The molecule has 0 unspecified atom stereocenters. The largest absolute Gasteiger partial charge is 0.0999 e. The summed E-state index contributed by atoms with van der Waals surface area (Å²) in [6, 6.07) is 0. The maximum atomic E-state index is 4.48. The number of allylic oxidation sites excluding steroid dienone is 5. The molecule has 0 aliphatic carbocycles. The summed E-state index contributed by atoms with van der Waals surface area (Å²) in [6.45, 7) is 23.3. The summed E-state index contributed by atoms with van der Waals surface area (Å²) in [5.74, 6) is 0. The second kappa shape index (κ2) is 24.8. The van der Waals surface area contributed by atoms with Crippen molar-refractivity contribution in [3.05, 3.63) is 35.5 Å². The molecule has 0 fully saturated rings. The lowest BCUT2D eigenvalue weighted by Crippen LogP contribution is -2.10. The minimum Gasteiger partial charge on any atom is -0.0999 e. The molecule has 236 valence electrons. The monoisotopic (exact) mass is 557 g/mol. The van der Waals surface area contributed by atoms with Gasteiger partial charge in [0.2, 0.25) is 0 Å². The molecule has 40 heavy (non-hydrogen) atoms. The van der Waals surface area contributed by atoms with Gasteiger partial charge in [0.25, 0.3) is 0 Å². The summed E-state index contributed by atoms with van der Waals surface area (Å²) >= 11 is 0. The average molecular weight is 557 g/mol. The van der Waals surface area contributed by atoms with Crippen LogP contribution in [0.4, 0.5) is 0 Å². The number of hydrogen-bond acceptors (Lipinski definition) is 0. The van der Waals surface area contributed by atoms with E-state index >= 15 is 0 Å². The quantitative estimate of drug-likeness (QED) is 0.0536. The van der Waals surface area contributed by atoms with Crippen molar-refractivity contribution >= 4 is 0 Å². The maximum Gasteiger partial charge on any atom is -0.0170 e. The fourth-order valence-electron chi connectivity index (χ4n) is 5.49. The topological polar surface area (TPSA) is 0 Å². The molecular formula is C40H76. The molecule has 0 nitrogen and oxygen atoms in total. The predicted octanol–water partition coefficient (Wildman–Crippen LogP) is 14.9. The van der Waals surface area contributed by atoms with Crippen LogP contribution in [-0.4, -0.2) is 0 Å². The van der Waals surface area contributed by atoms with Crippen LogP contribution in [0.1, 0.15) is 209 Å². The van der Waals surface area contributed by atoms with Gasteiger partial charge in [0.1, 0.15) is 0 Å². The zero-order valence-electron chi connectivity index (χ0n) is 29.3. The molecule has 0 heteroatoms. The van der Waals surface area contributed by atoms with Gasteiger partial charge in [0.15, 0.2) is 0 Å². The van der Waals surface area contributed by atoms with Gasteiger partial charge in [0, 0.05) is 0 Å². The van der Waals surface area contributed by atoms with Crippen molar-refractivity contribution < 1.29 is 0 Å². The fourth-order valence-corrected chi connectivity index (χ4v) is 5.49. The van der Waals surface area contributed by atoms with Gasteiger partial charge in [-0.1, -0.05) is 206 Å². The second-order valence-electron chi connectivity index (χ2n) is 14.8. The van der Waals surface area contributed by atoms with Gasteiger partial charge >= 0.3 is 0 Å². The molecule has 0 aliphatic heterocycles. The van der Waals surface area contributed by atoms with Crippen LogP contribution in [0.15, 0.2) is 35.5 Å². The van der Waals surface area contributed by atoms with E-state index in [1.54, 1.807) is 11.1 Å². The van der Waals surface area contributed by atoms with E-state index < -0.39 is 0 Å². The summed E-state index contributed by atoms with van der Waals surface area (Å²) in [4.78, 5) is 0. The van der Waals surface area contributed by atoms with Crippen LogP contribution in [-0.2, 0) is 0 Å². The SMILES string of the molecule is C=C(CCCCCCCCCCCCCCCCCCC)CCC(=C/CC(C)(C)CC)/C=C(\CCC)C(C)(C)C. The normalized spacial score (nSPS) is 13.3. The first-order chi connectivity index (χ1) is 19.1. The van der Waals surface area contributed by atoms with Gasteiger partial charge in [-0.3, -0.25) is 0 Å². The van der Waals surface area contributed by atoms with Crippen molar-refractivity contribution in [2.24, 2.45) is 10.8 Å². The van der Waals surface area contributed by atoms with Gasteiger partial charge < -0.3 is 0 Å². The highest BCUT2D eigenvalue weighted by molar-refractivity contribution is 5.28. The van der Waals surface area contributed by atoms with Gasteiger partial charge in [0.05, 0.1) is 0 Å². The Hall–Kier alpha value is -0.780. The van der Waals surface area contributed by atoms with Crippen LogP contribution in [0.3, 0.4) is 0 Å². The molecule has 0 aromatic rings. The average Bonchev–Trinajstić information content (AvgIpc) is 2.90. The minimum atomic E-state index is 0.250. The van der Waals surface area contributed by atoms with E-state index in [2.05, 4.69) is 74.1 Å². The highest BCUT2D eigenvalue weighted by Gasteiger charge is 2.18. The van der Waals surface area contributed by atoms with Crippen molar-refractivity contribution in [3.8, 4) is 0 Å². The van der Waals surface area contributed by atoms with Gasteiger partial charge in [-0.2, -0.15) is 0 Å². The Bertz CT molecular complexity index is 650. The van der Waals surface area contributed by atoms with Crippen molar-refractivity contribution in [3.63, 3.8) is 0 Å². The fraction of sp³-hybridized carbons (Fsp3) is 0.850. The van der Waals surface area contributed by atoms with Gasteiger partial charge in [-0.15, -0.1) is 0 Å². The molecule has 0 spiro atoms. The van der Waals surface area contributed by atoms with Gasteiger partial charge in [-0.25, -0.2) is 0 Å². The van der Waals surface area contributed by atoms with Crippen LogP contribution in [0.25, 0.3) is 0 Å². The van der Waals surface area contributed by atoms with E-state index in [0.29, 0.717) is 5.41 Å². The number of hydrogen-bond donors (Lipinski definition) is 0. The molecule has 0 aromatic carbocycles. The van der Waals surface area contributed by atoms with Crippen LogP contribution < -0.4 is 0 Å². The highest BCUT2D eigenvalue weighted by Crippen LogP contribution is 2.33. The van der Waals surface area contributed by atoms with Crippen LogP contribution in [0, 0.1) is 10.8 Å². The Morgan fingerprint density at radius 3 is 1.38 bits per heavy atom. The third-order valence-corrected chi connectivity index (χ3v) is 9.12. The third-order valence-electron chi connectivity index (χ3n) is 9.12. The van der Waals surface area contributed by atoms with E-state index in [-0.39, 0.29) is 5.41 Å². The van der Waals surface area contributed by atoms with Crippen molar-refractivity contribution in [2.75, 3.05) is 0 Å². The molecule has 0 radical (unpaired) electrons. The molecule has 0 amide bonds. The van der Waals surface area contributed by atoms with E-state index in [1.807, 2.05) is 0 Å². The zero-order valence-corrected chi connectivity index (χ0v) is 29.3. The van der Waals surface area contributed by atoms with E-state index in [9.17, 15) is 0 Å². The summed E-state index contributed by atoms with van der Waals surface area (Å²) in [7, 11) is 0. The summed E-state index contributed by atoms with van der Waals surface area (Å²) < 4.78 is 0. The molecule has 0 aliphatic rings. The van der Waals surface area contributed by atoms with Crippen molar-refractivity contribution in [2.45, 2.75) is 209 Å². The van der Waals surface area contributed by atoms with Crippen LogP contribution in [0.5, 0.6) is 0 Å². The van der Waals surface area contributed by atoms with Crippen molar-refractivity contribution in [1.82, 2.24) is 0 Å². The molecule has 0 atom stereocenters. The van der Waals surface area contributed by atoms with Crippen LogP contribution >= 0.6 is 0 Å². The Balaban J connectivity index is 4.12. The molecular weight excluding hydrogens is 480 g/mol. The van der Waals surface area contributed by atoms with E-state index in [4.69, 9.17) is 0 Å². The molecule has 0 bridgehead atoms. The van der Waals surface area contributed by atoms with E-state index in [1.165, 1.54) is 147 Å². The lowest BCUT2D eigenvalue weighted by atomic mass is 9.81. The first kappa shape index (κ1) is 39.2. The van der Waals surface area contributed by atoms with Crippen molar-refractivity contribution in [1.29, 1.82) is 0 Å².